The molecule has 1 saturated heterocycles. The number of aromatic nitrogens is 1. The van der Waals surface area contributed by atoms with Gasteiger partial charge in [-0.05, 0) is 19.8 Å². The minimum Gasteiger partial charge on any atom is -0.351 e. The lowest BCUT2D eigenvalue weighted by atomic mass is 10.2. The number of carbonyl (C=O) groups excluding carboxylic acids is 1. The third kappa shape index (κ3) is 1.71. The Morgan fingerprint density at radius 3 is 3.20 bits per heavy atom. The molecular formula is C10H11N3O2. The molecule has 0 aromatic carbocycles. The summed E-state index contributed by atoms with van der Waals surface area (Å²) in [5.41, 5.74) is 0.672. The van der Waals surface area contributed by atoms with Crippen LogP contribution in [-0.4, -0.2) is 28.6 Å². The van der Waals surface area contributed by atoms with Crippen LogP contribution in [0.1, 0.15) is 29.1 Å². The van der Waals surface area contributed by atoms with Gasteiger partial charge in [0.1, 0.15) is 6.04 Å². The second-order valence-electron chi connectivity index (χ2n) is 3.62. The van der Waals surface area contributed by atoms with Crippen molar-refractivity contribution >= 4 is 5.91 Å². The van der Waals surface area contributed by atoms with E-state index in [0.29, 0.717) is 12.2 Å². The molecule has 78 valence electrons. The van der Waals surface area contributed by atoms with E-state index in [2.05, 4.69) is 11.2 Å². The SMILES string of the molecule is Cc1cc(C(=O)N2CCCC2C#N)on1. The molecule has 0 saturated carbocycles. The predicted octanol–water partition coefficient (Wildman–Crippen LogP) is 1.11. The summed E-state index contributed by atoms with van der Waals surface area (Å²) in [6.07, 6.45) is 1.62. The molecule has 0 radical (unpaired) electrons. The van der Waals surface area contributed by atoms with Crippen molar-refractivity contribution in [1.29, 1.82) is 5.26 Å². The molecule has 1 aromatic rings. The normalized spacial score (nSPS) is 20.3. The molecule has 2 rings (SSSR count). The van der Waals surface area contributed by atoms with Crippen molar-refractivity contribution in [2.24, 2.45) is 0 Å². The van der Waals surface area contributed by atoms with E-state index in [0.717, 1.165) is 12.8 Å². The van der Waals surface area contributed by atoms with Crippen LogP contribution in [0.3, 0.4) is 0 Å². The number of hydrogen-bond acceptors (Lipinski definition) is 4. The molecule has 0 aliphatic carbocycles. The molecule has 1 aliphatic heterocycles. The van der Waals surface area contributed by atoms with Crippen LogP contribution >= 0.6 is 0 Å². The average Bonchev–Trinajstić information content (AvgIpc) is 2.84. The largest absolute Gasteiger partial charge is 0.351 e. The van der Waals surface area contributed by atoms with Gasteiger partial charge in [0.2, 0.25) is 5.76 Å². The third-order valence-electron chi connectivity index (χ3n) is 2.50. The summed E-state index contributed by atoms with van der Waals surface area (Å²) in [5.74, 6) is -0.0192. The van der Waals surface area contributed by atoms with Gasteiger partial charge < -0.3 is 9.42 Å². The lowest BCUT2D eigenvalue weighted by Gasteiger charge is -2.17. The first-order chi connectivity index (χ1) is 7.22. The monoisotopic (exact) mass is 205 g/mol. The molecular weight excluding hydrogens is 194 g/mol. The Bertz CT molecular complexity index is 419. The second-order valence-corrected chi connectivity index (χ2v) is 3.62. The average molecular weight is 205 g/mol. The van der Waals surface area contributed by atoms with Gasteiger partial charge in [0.15, 0.2) is 0 Å². The third-order valence-corrected chi connectivity index (χ3v) is 2.50. The van der Waals surface area contributed by atoms with Gasteiger partial charge >= 0.3 is 0 Å². The Kier molecular flexibility index (Phi) is 2.42. The zero-order chi connectivity index (χ0) is 10.8. The van der Waals surface area contributed by atoms with Crippen LogP contribution in [0.2, 0.25) is 0 Å². The lowest BCUT2D eigenvalue weighted by Crippen LogP contribution is -2.34. The molecule has 1 fully saturated rings. The van der Waals surface area contributed by atoms with Gasteiger partial charge in [0.05, 0.1) is 11.8 Å². The molecule has 1 amide bonds. The summed E-state index contributed by atoms with van der Waals surface area (Å²) in [6, 6.07) is 3.39. The summed E-state index contributed by atoms with van der Waals surface area (Å²) < 4.78 is 4.88. The number of nitriles is 1. The molecule has 1 atom stereocenters. The number of rotatable bonds is 1. The number of hydrogen-bond donors (Lipinski definition) is 0. The van der Waals surface area contributed by atoms with Gasteiger partial charge in [0, 0.05) is 12.6 Å². The number of likely N-dealkylation sites (tertiary alicyclic amines) is 1. The Balaban J connectivity index is 2.18. The van der Waals surface area contributed by atoms with Crippen molar-refractivity contribution in [3.05, 3.63) is 17.5 Å². The van der Waals surface area contributed by atoms with Gasteiger partial charge in [-0.3, -0.25) is 4.79 Å². The van der Waals surface area contributed by atoms with Crippen LogP contribution < -0.4 is 0 Å². The minimum absolute atomic E-state index is 0.217. The van der Waals surface area contributed by atoms with Crippen molar-refractivity contribution in [3.63, 3.8) is 0 Å². The van der Waals surface area contributed by atoms with Crippen LogP contribution in [0, 0.1) is 18.3 Å². The molecule has 0 N–H and O–H groups in total. The van der Waals surface area contributed by atoms with E-state index < -0.39 is 0 Å². The van der Waals surface area contributed by atoms with E-state index in [1.54, 1.807) is 17.9 Å². The highest BCUT2D eigenvalue weighted by Crippen LogP contribution is 2.19. The molecule has 1 aromatic heterocycles. The molecule has 0 bridgehead atoms. The van der Waals surface area contributed by atoms with E-state index in [-0.39, 0.29) is 17.7 Å². The van der Waals surface area contributed by atoms with E-state index in [4.69, 9.17) is 9.78 Å². The van der Waals surface area contributed by atoms with Crippen LogP contribution in [0.25, 0.3) is 0 Å². The predicted molar refractivity (Wildman–Crippen MR) is 50.9 cm³/mol. The molecule has 0 spiro atoms. The first kappa shape index (κ1) is 9.71. The van der Waals surface area contributed by atoms with Crippen molar-refractivity contribution in [2.75, 3.05) is 6.54 Å². The second kappa shape index (κ2) is 3.73. The highest BCUT2D eigenvalue weighted by molar-refractivity contribution is 5.92. The number of nitrogens with zero attached hydrogens (tertiary/aromatic N) is 3. The van der Waals surface area contributed by atoms with Crippen molar-refractivity contribution in [1.82, 2.24) is 10.1 Å². The van der Waals surface area contributed by atoms with E-state index >= 15 is 0 Å². The fraction of sp³-hybridized carbons (Fsp3) is 0.500. The van der Waals surface area contributed by atoms with Crippen molar-refractivity contribution in [2.45, 2.75) is 25.8 Å². The van der Waals surface area contributed by atoms with Gasteiger partial charge in [-0.2, -0.15) is 5.26 Å². The van der Waals surface area contributed by atoms with Crippen LogP contribution in [-0.2, 0) is 0 Å². The summed E-state index contributed by atoms with van der Waals surface area (Å²) in [6.45, 7) is 2.38. The highest BCUT2D eigenvalue weighted by atomic mass is 16.5. The quantitative estimate of drug-likeness (QED) is 0.688. The summed E-state index contributed by atoms with van der Waals surface area (Å²) in [4.78, 5) is 13.4. The summed E-state index contributed by atoms with van der Waals surface area (Å²) in [7, 11) is 0. The van der Waals surface area contributed by atoms with Crippen LogP contribution in [0.4, 0.5) is 0 Å². The number of aryl methyl sites for hydroxylation is 1. The molecule has 5 heteroatoms. The van der Waals surface area contributed by atoms with E-state index in [1.807, 2.05) is 0 Å². The molecule has 15 heavy (non-hydrogen) atoms. The maximum Gasteiger partial charge on any atom is 0.293 e. The highest BCUT2D eigenvalue weighted by Gasteiger charge is 2.31. The number of carbonyl (C=O) groups is 1. The van der Waals surface area contributed by atoms with E-state index in [1.165, 1.54) is 0 Å². The molecule has 1 aliphatic rings. The van der Waals surface area contributed by atoms with Crippen molar-refractivity contribution in [3.8, 4) is 6.07 Å². The molecule has 1 unspecified atom stereocenters. The Hall–Kier alpha value is -1.83. The Labute approximate surface area is 87.3 Å². The van der Waals surface area contributed by atoms with Crippen molar-refractivity contribution < 1.29 is 9.32 Å². The fourth-order valence-corrected chi connectivity index (χ4v) is 1.75. The first-order valence-corrected chi connectivity index (χ1v) is 4.86. The maximum absolute atomic E-state index is 11.9. The topological polar surface area (TPSA) is 70.1 Å². The maximum atomic E-state index is 11.9. The zero-order valence-electron chi connectivity index (χ0n) is 8.43. The zero-order valence-corrected chi connectivity index (χ0v) is 8.43. The number of amides is 1. The van der Waals surface area contributed by atoms with Crippen LogP contribution in [0.15, 0.2) is 10.6 Å². The van der Waals surface area contributed by atoms with Gasteiger partial charge in [-0.25, -0.2) is 0 Å². The lowest BCUT2D eigenvalue weighted by molar-refractivity contribution is 0.0723. The fourth-order valence-electron chi connectivity index (χ4n) is 1.75. The van der Waals surface area contributed by atoms with Crippen LogP contribution in [0.5, 0.6) is 0 Å². The van der Waals surface area contributed by atoms with E-state index in [9.17, 15) is 4.79 Å². The Morgan fingerprint density at radius 2 is 2.60 bits per heavy atom. The Morgan fingerprint density at radius 1 is 1.80 bits per heavy atom. The smallest absolute Gasteiger partial charge is 0.293 e. The molecule has 2 heterocycles. The molecule has 5 nitrogen and oxygen atoms in total. The van der Waals surface area contributed by atoms with Gasteiger partial charge in [-0.15, -0.1) is 0 Å². The first-order valence-electron chi connectivity index (χ1n) is 4.86. The standard InChI is InChI=1S/C10H11N3O2/c1-7-5-9(15-12-7)10(14)13-4-2-3-8(13)6-11/h5,8H,2-4H2,1H3. The summed E-state index contributed by atoms with van der Waals surface area (Å²) in [5, 5.41) is 12.5. The van der Waals surface area contributed by atoms with Gasteiger partial charge in [0.25, 0.3) is 5.91 Å². The summed E-state index contributed by atoms with van der Waals surface area (Å²) >= 11 is 0. The minimum atomic E-state index is -0.317. The van der Waals surface area contributed by atoms with Gasteiger partial charge in [-0.1, -0.05) is 5.16 Å².